The zero-order valence-electron chi connectivity index (χ0n) is 13.2. The molecule has 0 aliphatic carbocycles. The Hall–Kier alpha value is -1.23. The number of hydrogen-bond donors (Lipinski definition) is 0. The second-order valence-corrected chi connectivity index (χ2v) is 5.40. The fourth-order valence-corrected chi connectivity index (χ4v) is 1.81. The van der Waals surface area contributed by atoms with Gasteiger partial charge in [0, 0.05) is 13.5 Å². The van der Waals surface area contributed by atoms with Crippen molar-refractivity contribution in [1.82, 2.24) is 0 Å². The van der Waals surface area contributed by atoms with Crippen LogP contribution in [0.2, 0.25) is 0 Å². The van der Waals surface area contributed by atoms with E-state index in [0.29, 0.717) is 7.11 Å². The molecule has 0 N–H and O–H groups in total. The van der Waals surface area contributed by atoms with E-state index in [-0.39, 0.29) is 0 Å². The Labute approximate surface area is 148 Å². The van der Waals surface area contributed by atoms with Gasteiger partial charge in [-0.25, -0.2) is 13.2 Å². The van der Waals surface area contributed by atoms with Gasteiger partial charge in [0.15, 0.2) is 0 Å². The van der Waals surface area contributed by atoms with Crippen molar-refractivity contribution < 1.29 is 79.4 Å². The molecule has 0 amide bonds. The molecule has 18 heteroatoms. The third-order valence-electron chi connectivity index (χ3n) is 3.49. The minimum Gasteiger partial charge on any atom is -0.384 e. The van der Waals surface area contributed by atoms with Crippen LogP contribution in [0.1, 0.15) is 6.42 Å². The van der Waals surface area contributed by atoms with Crippen LogP contribution in [0.3, 0.4) is 0 Å². The molecule has 0 aromatic carbocycles. The SMILES string of the molecule is COCCC(F)(F)C(F)(C(F)(F)F)C(F)(F)C(F)(F)C(F)(F)C(F)(F)C(F)(F)F. The van der Waals surface area contributed by atoms with E-state index in [1.165, 1.54) is 0 Å². The van der Waals surface area contributed by atoms with Crippen molar-refractivity contribution in [3.05, 3.63) is 0 Å². The monoisotopic (exact) mass is 478 g/mol. The van der Waals surface area contributed by atoms with Crippen LogP contribution < -0.4 is 0 Å². The fraction of sp³-hybridized carbons (Fsp3) is 1.00. The molecule has 0 aromatic rings. The number of ether oxygens (including phenoxy) is 1. The van der Waals surface area contributed by atoms with Crippen LogP contribution in [0.4, 0.5) is 74.6 Å². The Morgan fingerprint density at radius 3 is 1.10 bits per heavy atom. The van der Waals surface area contributed by atoms with Crippen LogP contribution in [0.5, 0.6) is 0 Å². The summed E-state index contributed by atoms with van der Waals surface area (Å²) in [5.41, 5.74) is -8.01. The summed E-state index contributed by atoms with van der Waals surface area (Å²) in [6.45, 7) is -1.77. The van der Waals surface area contributed by atoms with Crippen LogP contribution in [0, 0.1) is 0 Å². The van der Waals surface area contributed by atoms with Crippen molar-refractivity contribution >= 4 is 0 Å². The van der Waals surface area contributed by atoms with Gasteiger partial charge in [0.05, 0.1) is 6.61 Å². The fourth-order valence-electron chi connectivity index (χ4n) is 1.81. The molecule has 0 spiro atoms. The highest BCUT2D eigenvalue weighted by Crippen LogP contribution is 2.65. The van der Waals surface area contributed by atoms with E-state index in [1.807, 2.05) is 0 Å². The van der Waals surface area contributed by atoms with Crippen molar-refractivity contribution in [1.29, 1.82) is 0 Å². The molecular weight excluding hydrogens is 471 g/mol. The molecular formula is C11H7F17O. The largest absolute Gasteiger partial charge is 0.460 e. The minimum absolute atomic E-state index is 0.411. The Morgan fingerprint density at radius 2 is 0.828 bits per heavy atom. The summed E-state index contributed by atoms with van der Waals surface area (Å²) in [5.74, 6) is -40.6. The minimum atomic E-state index is -8.63. The van der Waals surface area contributed by atoms with Crippen LogP contribution in [-0.2, 0) is 4.74 Å². The second kappa shape index (κ2) is 7.18. The summed E-state index contributed by atoms with van der Waals surface area (Å²) in [4.78, 5) is 0. The van der Waals surface area contributed by atoms with Crippen molar-refractivity contribution in [2.24, 2.45) is 0 Å². The number of methoxy groups -OCH3 is 1. The van der Waals surface area contributed by atoms with Crippen molar-refractivity contribution in [3.8, 4) is 0 Å². The van der Waals surface area contributed by atoms with Gasteiger partial charge in [-0.3, -0.25) is 0 Å². The second-order valence-electron chi connectivity index (χ2n) is 5.40. The molecule has 0 fully saturated rings. The summed E-state index contributed by atoms with van der Waals surface area (Å²) in [7, 11) is 0.411. The van der Waals surface area contributed by atoms with Gasteiger partial charge in [-0.2, -0.15) is 61.5 Å². The van der Waals surface area contributed by atoms with E-state index < -0.39 is 60.7 Å². The molecule has 0 radical (unpaired) electrons. The molecule has 29 heavy (non-hydrogen) atoms. The first-order valence-electron chi connectivity index (χ1n) is 6.51. The van der Waals surface area contributed by atoms with Gasteiger partial charge < -0.3 is 4.74 Å². The van der Waals surface area contributed by atoms with Crippen LogP contribution in [-0.4, -0.2) is 61.4 Å². The maximum atomic E-state index is 13.9. The topological polar surface area (TPSA) is 9.23 Å². The molecule has 0 aliphatic rings. The molecule has 176 valence electrons. The summed E-state index contributed by atoms with van der Waals surface area (Å²) >= 11 is 0. The highest BCUT2D eigenvalue weighted by Gasteiger charge is 2.96. The van der Waals surface area contributed by atoms with Crippen molar-refractivity contribution in [3.63, 3.8) is 0 Å². The van der Waals surface area contributed by atoms with Gasteiger partial charge >= 0.3 is 41.7 Å². The van der Waals surface area contributed by atoms with Gasteiger partial charge in [-0.15, -0.1) is 0 Å². The zero-order valence-corrected chi connectivity index (χ0v) is 13.2. The highest BCUT2D eigenvalue weighted by atomic mass is 19.4. The lowest BCUT2D eigenvalue weighted by molar-refractivity contribution is -0.462. The predicted molar refractivity (Wildman–Crippen MR) is 57.2 cm³/mol. The van der Waals surface area contributed by atoms with Gasteiger partial charge in [0.1, 0.15) is 0 Å². The first-order chi connectivity index (χ1) is 12.3. The molecule has 1 atom stereocenters. The predicted octanol–water partition coefficient (Wildman–Crippen LogP) is 6.03. The lowest BCUT2D eigenvalue weighted by Crippen LogP contribution is -2.77. The summed E-state index contributed by atoms with van der Waals surface area (Å²) in [5, 5.41) is 0. The highest BCUT2D eigenvalue weighted by molar-refractivity contribution is 5.19. The average molecular weight is 478 g/mol. The molecule has 0 aromatic heterocycles. The summed E-state index contributed by atoms with van der Waals surface area (Å²) in [6, 6.07) is 0. The molecule has 1 unspecified atom stereocenters. The summed E-state index contributed by atoms with van der Waals surface area (Å²) in [6.07, 6.45) is -18.5. The van der Waals surface area contributed by atoms with E-state index in [9.17, 15) is 74.6 Å². The Bertz CT molecular complexity index is 573. The molecule has 1 nitrogen and oxygen atoms in total. The summed E-state index contributed by atoms with van der Waals surface area (Å²) < 4.78 is 223. The molecule has 0 rings (SSSR count). The molecule has 0 aliphatic heterocycles. The molecule has 0 bridgehead atoms. The Morgan fingerprint density at radius 1 is 0.483 bits per heavy atom. The van der Waals surface area contributed by atoms with Crippen LogP contribution >= 0.6 is 0 Å². The molecule has 0 saturated heterocycles. The van der Waals surface area contributed by atoms with E-state index in [2.05, 4.69) is 4.74 Å². The third-order valence-corrected chi connectivity index (χ3v) is 3.49. The van der Waals surface area contributed by atoms with E-state index in [1.54, 1.807) is 0 Å². The van der Waals surface area contributed by atoms with Crippen LogP contribution in [0.15, 0.2) is 0 Å². The van der Waals surface area contributed by atoms with Crippen molar-refractivity contribution in [2.45, 2.75) is 54.1 Å². The standard InChI is InChI=1S/C11H7F17O/c1-29-3-2-4(12,13)5(14,10(23,24)25)6(15,16)7(17,18)8(19,20)9(21,22)11(26,27)28/h2-3H2,1H3. The number of hydrogen-bond acceptors (Lipinski definition) is 1. The normalized spacial score (nSPS) is 18.0. The number of rotatable bonds is 8. The quantitative estimate of drug-likeness (QED) is 0.387. The van der Waals surface area contributed by atoms with E-state index >= 15 is 0 Å². The zero-order chi connectivity index (χ0) is 24.1. The molecule has 0 saturated carbocycles. The van der Waals surface area contributed by atoms with Gasteiger partial charge in [0.2, 0.25) is 0 Å². The third kappa shape index (κ3) is 3.68. The lowest BCUT2D eigenvalue weighted by Gasteiger charge is -2.45. The van der Waals surface area contributed by atoms with E-state index in [0.717, 1.165) is 0 Å². The van der Waals surface area contributed by atoms with Gasteiger partial charge in [-0.1, -0.05) is 0 Å². The number of alkyl halides is 17. The number of halogens is 17. The van der Waals surface area contributed by atoms with Gasteiger partial charge in [0.25, 0.3) is 5.92 Å². The smallest absolute Gasteiger partial charge is 0.384 e. The van der Waals surface area contributed by atoms with E-state index in [4.69, 9.17) is 0 Å². The Kier molecular flexibility index (Phi) is 6.87. The maximum absolute atomic E-state index is 13.9. The lowest BCUT2D eigenvalue weighted by atomic mass is 9.81. The first kappa shape index (κ1) is 27.8. The first-order valence-corrected chi connectivity index (χ1v) is 6.51. The Balaban J connectivity index is 6.93. The van der Waals surface area contributed by atoms with Gasteiger partial charge in [-0.05, 0) is 0 Å². The van der Waals surface area contributed by atoms with Crippen LogP contribution in [0.25, 0.3) is 0 Å². The van der Waals surface area contributed by atoms with Crippen molar-refractivity contribution in [2.75, 3.05) is 13.7 Å². The molecule has 0 heterocycles. The maximum Gasteiger partial charge on any atom is 0.460 e. The average Bonchev–Trinajstić information content (AvgIpc) is 2.48.